The zero-order chi connectivity index (χ0) is 24.5. The van der Waals surface area contributed by atoms with Crippen LogP contribution in [-0.2, 0) is 17.1 Å². The Kier molecular flexibility index (Phi) is 6.42. The SMILES string of the molecule is O=C(c1cc(C(F)(F)F)cc(C(F)(F)F)c1)N1CCC(=Cc2ccc(C3=NCCO3)cc2)CC1. The summed E-state index contributed by atoms with van der Waals surface area (Å²) in [6.45, 7) is 1.60. The van der Waals surface area contributed by atoms with Gasteiger partial charge >= 0.3 is 12.4 Å². The van der Waals surface area contributed by atoms with E-state index >= 15 is 0 Å². The molecule has 0 aromatic heterocycles. The summed E-state index contributed by atoms with van der Waals surface area (Å²) in [5.41, 5.74) is -0.779. The first-order valence-corrected chi connectivity index (χ1v) is 10.6. The predicted molar refractivity (Wildman–Crippen MR) is 113 cm³/mol. The number of carbonyl (C=O) groups excluding carboxylic acids is 1. The number of amides is 1. The molecule has 2 heterocycles. The zero-order valence-electron chi connectivity index (χ0n) is 17.8. The van der Waals surface area contributed by atoms with E-state index in [9.17, 15) is 31.1 Å². The van der Waals surface area contributed by atoms with E-state index in [0.29, 0.717) is 44.0 Å². The van der Waals surface area contributed by atoms with E-state index in [1.165, 1.54) is 4.90 Å². The highest BCUT2D eigenvalue weighted by Crippen LogP contribution is 2.36. The fraction of sp³-hybridized carbons (Fsp3) is 0.333. The number of piperidine rings is 1. The highest BCUT2D eigenvalue weighted by atomic mass is 19.4. The maximum Gasteiger partial charge on any atom is 0.416 e. The highest BCUT2D eigenvalue weighted by molar-refractivity contribution is 5.95. The van der Waals surface area contributed by atoms with Crippen LogP contribution in [0.25, 0.3) is 6.08 Å². The molecule has 1 saturated heterocycles. The molecule has 0 saturated carbocycles. The summed E-state index contributed by atoms with van der Waals surface area (Å²) in [7, 11) is 0. The topological polar surface area (TPSA) is 41.9 Å². The van der Waals surface area contributed by atoms with Crippen molar-refractivity contribution < 1.29 is 35.9 Å². The number of halogens is 6. The number of aliphatic imine (C=N–C) groups is 1. The molecule has 0 bridgehead atoms. The van der Waals surface area contributed by atoms with Crippen molar-refractivity contribution in [1.82, 2.24) is 4.90 Å². The fourth-order valence-corrected chi connectivity index (χ4v) is 3.87. The molecule has 1 fully saturated rings. The number of ether oxygens (including phenoxy) is 1. The molecular weight excluding hydrogens is 462 g/mol. The maximum atomic E-state index is 13.1. The number of rotatable bonds is 3. The van der Waals surface area contributed by atoms with E-state index in [-0.39, 0.29) is 19.2 Å². The van der Waals surface area contributed by atoms with Gasteiger partial charge in [0.25, 0.3) is 5.91 Å². The van der Waals surface area contributed by atoms with E-state index in [4.69, 9.17) is 4.74 Å². The zero-order valence-corrected chi connectivity index (χ0v) is 17.8. The van der Waals surface area contributed by atoms with Gasteiger partial charge < -0.3 is 9.64 Å². The van der Waals surface area contributed by atoms with Crippen LogP contribution < -0.4 is 0 Å². The lowest BCUT2D eigenvalue weighted by Crippen LogP contribution is -2.36. The minimum absolute atomic E-state index is 0.0184. The first kappa shape index (κ1) is 23.8. The van der Waals surface area contributed by atoms with E-state index in [1.807, 2.05) is 30.3 Å². The van der Waals surface area contributed by atoms with Crippen molar-refractivity contribution >= 4 is 17.9 Å². The molecule has 0 spiro atoms. The van der Waals surface area contributed by atoms with Crippen molar-refractivity contribution in [2.24, 2.45) is 4.99 Å². The number of alkyl halides is 6. The molecule has 2 aromatic carbocycles. The molecule has 34 heavy (non-hydrogen) atoms. The number of benzene rings is 2. The second-order valence-electron chi connectivity index (χ2n) is 8.05. The third-order valence-electron chi connectivity index (χ3n) is 5.64. The summed E-state index contributed by atoms with van der Waals surface area (Å²) in [6, 6.07) is 8.56. The van der Waals surface area contributed by atoms with Crippen molar-refractivity contribution in [1.29, 1.82) is 0 Å². The number of carbonyl (C=O) groups is 1. The minimum Gasteiger partial charge on any atom is -0.476 e. The molecule has 0 N–H and O–H groups in total. The number of hydrogen-bond donors (Lipinski definition) is 0. The molecule has 2 aromatic rings. The normalized spacial score (nSPS) is 16.8. The van der Waals surface area contributed by atoms with Gasteiger partial charge in [0.1, 0.15) is 6.61 Å². The quantitative estimate of drug-likeness (QED) is 0.518. The highest BCUT2D eigenvalue weighted by Gasteiger charge is 2.38. The Labute approximate surface area is 191 Å². The number of nitrogens with zero attached hydrogens (tertiary/aromatic N) is 2. The molecule has 180 valence electrons. The largest absolute Gasteiger partial charge is 0.476 e. The third kappa shape index (κ3) is 5.43. The van der Waals surface area contributed by atoms with E-state index in [0.717, 1.165) is 16.7 Å². The number of likely N-dealkylation sites (tertiary alicyclic amines) is 1. The standard InChI is InChI=1S/C24H20F6N2O2/c25-23(26,27)19-12-18(13-20(14-19)24(28,29)30)22(33)32-8-5-16(6-9-32)11-15-1-3-17(4-2-15)21-31-7-10-34-21/h1-4,11-14H,5-10H2. The lowest BCUT2D eigenvalue weighted by Gasteiger charge is -2.29. The first-order valence-electron chi connectivity index (χ1n) is 10.6. The van der Waals surface area contributed by atoms with Crippen LogP contribution in [0.5, 0.6) is 0 Å². The van der Waals surface area contributed by atoms with Gasteiger partial charge in [0.15, 0.2) is 0 Å². The summed E-state index contributed by atoms with van der Waals surface area (Å²) in [4.78, 5) is 18.3. The summed E-state index contributed by atoms with van der Waals surface area (Å²) < 4.78 is 84.0. The Bertz CT molecular complexity index is 1090. The smallest absolute Gasteiger partial charge is 0.416 e. The maximum absolute atomic E-state index is 13.1. The Balaban J connectivity index is 1.45. The van der Waals surface area contributed by atoms with Gasteiger partial charge in [0.2, 0.25) is 5.90 Å². The molecular formula is C24H20F6N2O2. The summed E-state index contributed by atoms with van der Waals surface area (Å²) >= 11 is 0. The molecule has 4 nitrogen and oxygen atoms in total. The van der Waals surface area contributed by atoms with Gasteiger partial charge in [-0.25, -0.2) is 4.99 Å². The molecule has 2 aliphatic heterocycles. The first-order chi connectivity index (χ1) is 16.0. The second-order valence-corrected chi connectivity index (χ2v) is 8.05. The second kappa shape index (κ2) is 9.15. The molecule has 4 rings (SSSR count). The van der Waals surface area contributed by atoms with E-state index < -0.39 is 35.0 Å². The van der Waals surface area contributed by atoms with Gasteiger partial charge in [-0.15, -0.1) is 0 Å². The van der Waals surface area contributed by atoms with Crippen LogP contribution >= 0.6 is 0 Å². The van der Waals surface area contributed by atoms with E-state index in [1.54, 1.807) is 0 Å². The van der Waals surface area contributed by atoms with Gasteiger partial charge in [0.05, 0.1) is 17.7 Å². The molecule has 10 heteroatoms. The van der Waals surface area contributed by atoms with Crippen molar-refractivity contribution in [3.05, 3.63) is 75.9 Å². The van der Waals surface area contributed by atoms with Crippen LogP contribution in [0.1, 0.15) is 45.5 Å². The minimum atomic E-state index is -5.00. The van der Waals surface area contributed by atoms with Crippen LogP contribution in [0.3, 0.4) is 0 Å². The van der Waals surface area contributed by atoms with Gasteiger partial charge in [-0.05, 0) is 48.7 Å². The number of hydrogen-bond acceptors (Lipinski definition) is 3. The molecule has 2 aliphatic rings. The van der Waals surface area contributed by atoms with Gasteiger partial charge in [-0.3, -0.25) is 4.79 Å². The van der Waals surface area contributed by atoms with Crippen LogP contribution in [0.4, 0.5) is 26.3 Å². The Morgan fingerprint density at radius 1 is 0.912 bits per heavy atom. The summed E-state index contributed by atoms with van der Waals surface area (Å²) in [6.07, 6.45) is -7.10. The average molecular weight is 482 g/mol. The van der Waals surface area contributed by atoms with Crippen molar-refractivity contribution in [2.75, 3.05) is 26.2 Å². The third-order valence-corrected chi connectivity index (χ3v) is 5.64. The van der Waals surface area contributed by atoms with E-state index in [2.05, 4.69) is 4.99 Å². The van der Waals surface area contributed by atoms with Gasteiger partial charge in [0, 0.05) is 24.2 Å². The average Bonchev–Trinajstić information content (AvgIpc) is 3.33. The molecule has 0 aliphatic carbocycles. The summed E-state index contributed by atoms with van der Waals surface area (Å²) in [5.74, 6) is -0.244. The fourth-order valence-electron chi connectivity index (χ4n) is 3.87. The van der Waals surface area contributed by atoms with Crippen molar-refractivity contribution in [3.8, 4) is 0 Å². The summed E-state index contributed by atoms with van der Waals surface area (Å²) in [5, 5.41) is 0. The van der Waals surface area contributed by atoms with Crippen molar-refractivity contribution in [2.45, 2.75) is 25.2 Å². The molecule has 0 radical (unpaired) electrons. The molecule has 1 amide bonds. The van der Waals surface area contributed by atoms with Gasteiger partial charge in [-0.1, -0.05) is 23.8 Å². The van der Waals surface area contributed by atoms with Crippen LogP contribution in [0.2, 0.25) is 0 Å². The molecule has 0 unspecified atom stereocenters. The van der Waals surface area contributed by atoms with Crippen LogP contribution in [0, 0.1) is 0 Å². The Hall–Kier alpha value is -3.30. The Morgan fingerprint density at radius 2 is 1.50 bits per heavy atom. The molecule has 0 atom stereocenters. The predicted octanol–water partition coefficient (Wildman–Crippen LogP) is 5.82. The van der Waals surface area contributed by atoms with Crippen LogP contribution in [0.15, 0.2) is 53.0 Å². The lowest BCUT2D eigenvalue weighted by atomic mass is 9.98. The monoisotopic (exact) mass is 482 g/mol. The Morgan fingerprint density at radius 3 is 2.00 bits per heavy atom. The lowest BCUT2D eigenvalue weighted by molar-refractivity contribution is -0.143. The van der Waals surface area contributed by atoms with Crippen molar-refractivity contribution in [3.63, 3.8) is 0 Å². The van der Waals surface area contributed by atoms with Crippen LogP contribution in [-0.4, -0.2) is 42.9 Å². The van der Waals surface area contributed by atoms with Gasteiger partial charge in [-0.2, -0.15) is 26.3 Å².